The first-order valence-corrected chi connectivity index (χ1v) is 8.02. The number of nitrogens with zero attached hydrogens (tertiary/aromatic N) is 3. The lowest BCUT2D eigenvalue weighted by Crippen LogP contribution is -2.20. The summed E-state index contributed by atoms with van der Waals surface area (Å²) >= 11 is 5.94. The van der Waals surface area contributed by atoms with Gasteiger partial charge in [-0.1, -0.05) is 23.7 Å². The third kappa shape index (κ3) is 2.39. The number of rotatable bonds is 2. The number of amides is 1. The quantitative estimate of drug-likeness (QED) is 0.776. The van der Waals surface area contributed by atoms with Crippen molar-refractivity contribution in [3.05, 3.63) is 57.6 Å². The Labute approximate surface area is 142 Å². The fraction of sp³-hybridized carbons (Fsp3) is 0.235. The maximum Gasteiger partial charge on any atom is 0.272 e. The topological polar surface area (TPSA) is 70.5 Å². The van der Waals surface area contributed by atoms with Crippen molar-refractivity contribution in [2.24, 2.45) is 0 Å². The molecule has 0 unspecified atom stereocenters. The van der Waals surface area contributed by atoms with E-state index in [9.17, 15) is 9.59 Å². The zero-order chi connectivity index (χ0) is 16.8. The molecule has 1 aliphatic rings. The number of carbonyl (C=O) groups is 1. The van der Waals surface area contributed by atoms with Crippen molar-refractivity contribution in [3.8, 4) is 11.1 Å². The molecule has 7 heteroatoms. The summed E-state index contributed by atoms with van der Waals surface area (Å²) in [5.41, 5.74) is 2.77. The Morgan fingerprint density at radius 3 is 2.67 bits per heavy atom. The van der Waals surface area contributed by atoms with Gasteiger partial charge in [-0.25, -0.2) is 9.50 Å². The molecule has 1 aliphatic heterocycles. The van der Waals surface area contributed by atoms with Gasteiger partial charge in [0.15, 0.2) is 5.65 Å². The highest BCUT2D eigenvalue weighted by molar-refractivity contribution is 6.30. The van der Waals surface area contributed by atoms with Crippen LogP contribution in [0.25, 0.3) is 16.8 Å². The highest BCUT2D eigenvalue weighted by Crippen LogP contribution is 2.28. The second-order valence-electron chi connectivity index (χ2n) is 6.05. The molecule has 1 fully saturated rings. The van der Waals surface area contributed by atoms with Crippen LogP contribution in [0.5, 0.6) is 0 Å². The molecule has 1 amide bonds. The molecule has 24 heavy (non-hydrogen) atoms. The van der Waals surface area contributed by atoms with Crippen LogP contribution in [0.2, 0.25) is 5.02 Å². The number of hydrogen-bond acceptors (Lipinski definition) is 3. The highest BCUT2D eigenvalue weighted by atomic mass is 35.5. The van der Waals surface area contributed by atoms with Gasteiger partial charge in [0.2, 0.25) is 5.91 Å². The maximum atomic E-state index is 12.4. The van der Waals surface area contributed by atoms with Crippen LogP contribution in [-0.2, 0) is 4.79 Å². The van der Waals surface area contributed by atoms with Gasteiger partial charge in [-0.2, -0.15) is 0 Å². The van der Waals surface area contributed by atoms with Gasteiger partial charge >= 0.3 is 0 Å². The minimum atomic E-state index is -0.183. The molecule has 2 aromatic heterocycles. The smallest absolute Gasteiger partial charge is 0.272 e. The summed E-state index contributed by atoms with van der Waals surface area (Å²) in [6.07, 6.45) is 2.14. The van der Waals surface area contributed by atoms with Crippen molar-refractivity contribution < 1.29 is 4.79 Å². The van der Waals surface area contributed by atoms with Gasteiger partial charge in [0, 0.05) is 48.8 Å². The van der Waals surface area contributed by atoms with Crippen molar-refractivity contribution in [2.45, 2.75) is 12.3 Å². The van der Waals surface area contributed by atoms with E-state index in [2.05, 4.69) is 10.1 Å². The van der Waals surface area contributed by atoms with Crippen molar-refractivity contribution >= 4 is 23.2 Å². The molecule has 1 saturated heterocycles. The molecule has 0 bridgehead atoms. The van der Waals surface area contributed by atoms with Gasteiger partial charge < -0.3 is 4.90 Å². The standard InChI is InChI=1S/C17H15ClN4O2/c1-21-9-11(6-15(21)23)14-7-16(24)22-17(20-14)13(8-19-22)10-2-4-12(18)5-3-10/h2-5,7-8,11,19H,6,9H2,1H3/t11-/m0/s1. The average Bonchev–Trinajstić information content (AvgIpc) is 3.13. The highest BCUT2D eigenvalue weighted by Gasteiger charge is 2.29. The van der Waals surface area contributed by atoms with Crippen LogP contribution in [0.4, 0.5) is 0 Å². The zero-order valence-electron chi connectivity index (χ0n) is 13.0. The van der Waals surface area contributed by atoms with E-state index in [0.29, 0.717) is 29.3 Å². The molecule has 122 valence electrons. The molecule has 0 spiro atoms. The number of halogens is 1. The SMILES string of the molecule is CN1C[C@@H](c2cc(=O)n3[nH]cc(-c4ccc(Cl)cc4)c3n2)CC1=O. The Balaban J connectivity index is 1.84. The summed E-state index contributed by atoms with van der Waals surface area (Å²) in [6, 6.07) is 8.88. The third-order valence-electron chi connectivity index (χ3n) is 4.43. The molecule has 0 aliphatic carbocycles. The molecule has 1 aromatic carbocycles. The van der Waals surface area contributed by atoms with Crippen molar-refractivity contribution in [3.63, 3.8) is 0 Å². The van der Waals surface area contributed by atoms with Gasteiger partial charge in [0.1, 0.15) is 0 Å². The van der Waals surface area contributed by atoms with Gasteiger partial charge in [-0.15, -0.1) is 0 Å². The minimum absolute atomic E-state index is 0.0480. The van der Waals surface area contributed by atoms with Crippen LogP contribution < -0.4 is 5.56 Å². The molecule has 3 aromatic rings. The number of H-pyrrole nitrogens is 1. The van der Waals surface area contributed by atoms with Gasteiger partial charge in [0.25, 0.3) is 5.56 Å². The van der Waals surface area contributed by atoms with E-state index in [1.54, 1.807) is 30.3 Å². The number of likely N-dealkylation sites (tertiary alicyclic amines) is 1. The predicted molar refractivity (Wildman–Crippen MR) is 91.3 cm³/mol. The number of hydrogen-bond donors (Lipinski definition) is 1. The zero-order valence-corrected chi connectivity index (χ0v) is 13.7. The molecule has 6 nitrogen and oxygen atoms in total. The van der Waals surface area contributed by atoms with Crippen LogP contribution in [0.1, 0.15) is 18.0 Å². The lowest BCUT2D eigenvalue weighted by Gasteiger charge is -2.10. The van der Waals surface area contributed by atoms with Crippen LogP contribution >= 0.6 is 11.6 Å². The van der Waals surface area contributed by atoms with E-state index >= 15 is 0 Å². The molecule has 1 atom stereocenters. The number of fused-ring (bicyclic) bond motifs is 1. The number of nitrogens with one attached hydrogen (secondary N) is 1. The molecule has 3 heterocycles. The van der Waals surface area contributed by atoms with Crippen LogP contribution in [0, 0.1) is 0 Å². The maximum absolute atomic E-state index is 12.4. The second-order valence-corrected chi connectivity index (χ2v) is 6.48. The third-order valence-corrected chi connectivity index (χ3v) is 4.68. The van der Waals surface area contributed by atoms with Gasteiger partial charge in [0.05, 0.1) is 5.69 Å². The summed E-state index contributed by atoms with van der Waals surface area (Å²) in [7, 11) is 1.77. The molecular formula is C17H15ClN4O2. The summed E-state index contributed by atoms with van der Waals surface area (Å²) in [5.74, 6) is 0.0298. The van der Waals surface area contributed by atoms with Crippen LogP contribution in [-0.4, -0.2) is 39.0 Å². The van der Waals surface area contributed by atoms with Gasteiger partial charge in [-0.3, -0.25) is 14.7 Å². The lowest BCUT2D eigenvalue weighted by atomic mass is 10.0. The number of aromatic amines is 1. The van der Waals surface area contributed by atoms with Crippen molar-refractivity contribution in [1.29, 1.82) is 0 Å². The Bertz CT molecular complexity index is 990. The second kappa shape index (κ2) is 5.49. The Kier molecular flexibility index (Phi) is 3.42. The van der Waals surface area contributed by atoms with E-state index < -0.39 is 0 Å². The summed E-state index contributed by atoms with van der Waals surface area (Å²) in [4.78, 5) is 30.5. The Hall–Kier alpha value is -2.60. The van der Waals surface area contributed by atoms with Crippen molar-refractivity contribution in [2.75, 3.05) is 13.6 Å². The molecule has 0 saturated carbocycles. The first kappa shape index (κ1) is 15.0. The largest absolute Gasteiger partial charge is 0.345 e. The van der Waals surface area contributed by atoms with E-state index in [4.69, 9.17) is 11.6 Å². The summed E-state index contributed by atoms with van der Waals surface area (Å²) in [6.45, 7) is 0.585. The normalized spacial score (nSPS) is 17.8. The van der Waals surface area contributed by atoms with Crippen LogP contribution in [0.15, 0.2) is 41.3 Å². The predicted octanol–water partition coefficient (Wildman–Crippen LogP) is 2.29. The number of carbonyl (C=O) groups excluding carboxylic acids is 1. The average molecular weight is 343 g/mol. The fourth-order valence-corrected chi connectivity index (χ4v) is 3.24. The number of aromatic nitrogens is 3. The first-order chi connectivity index (χ1) is 11.5. The van der Waals surface area contributed by atoms with Crippen molar-refractivity contribution in [1.82, 2.24) is 19.5 Å². The van der Waals surface area contributed by atoms with Gasteiger partial charge in [-0.05, 0) is 17.7 Å². The monoisotopic (exact) mass is 342 g/mol. The van der Waals surface area contributed by atoms with Crippen LogP contribution in [0.3, 0.4) is 0 Å². The van der Waals surface area contributed by atoms with E-state index in [-0.39, 0.29) is 17.4 Å². The fourth-order valence-electron chi connectivity index (χ4n) is 3.11. The molecule has 4 rings (SSSR count). The number of benzene rings is 1. The Morgan fingerprint density at radius 2 is 2.00 bits per heavy atom. The minimum Gasteiger partial charge on any atom is -0.345 e. The molecular weight excluding hydrogens is 328 g/mol. The molecule has 0 radical (unpaired) electrons. The van der Waals surface area contributed by atoms with E-state index in [1.807, 2.05) is 12.1 Å². The lowest BCUT2D eigenvalue weighted by molar-refractivity contribution is -0.126. The summed E-state index contributed by atoms with van der Waals surface area (Å²) < 4.78 is 1.41. The first-order valence-electron chi connectivity index (χ1n) is 7.64. The number of likely N-dealkylation sites (N-methyl/N-ethyl adjacent to an activating group) is 1. The summed E-state index contributed by atoms with van der Waals surface area (Å²) in [5, 5.41) is 3.59. The van der Waals surface area contributed by atoms with E-state index in [0.717, 1.165) is 11.1 Å². The molecule has 1 N–H and O–H groups in total. The Morgan fingerprint density at radius 1 is 1.25 bits per heavy atom. The van der Waals surface area contributed by atoms with E-state index in [1.165, 1.54) is 10.6 Å².